The fraction of sp³-hybridized carbons (Fsp3) is 0.438. The Morgan fingerprint density at radius 3 is 2.59 bits per heavy atom. The number of anilines is 1. The Hall–Kier alpha value is -1.66. The largest absolute Gasteiger partial charge is 0.395 e. The van der Waals surface area contributed by atoms with Crippen molar-refractivity contribution in [3.63, 3.8) is 0 Å². The Kier molecular flexibility index (Phi) is 6.15. The van der Waals surface area contributed by atoms with E-state index in [1.165, 1.54) is 0 Å². The highest BCUT2D eigenvalue weighted by Crippen LogP contribution is 2.20. The van der Waals surface area contributed by atoms with Crippen LogP contribution in [0.4, 0.5) is 5.82 Å². The lowest BCUT2D eigenvalue weighted by atomic mass is 10.2. The molecule has 0 aliphatic rings. The van der Waals surface area contributed by atoms with Gasteiger partial charge in [-0.05, 0) is 31.7 Å². The molecule has 2 heterocycles. The molecule has 2 N–H and O–H groups in total. The maximum atomic E-state index is 9.41. The summed E-state index contributed by atoms with van der Waals surface area (Å²) in [6.45, 7) is 4.26. The molecule has 0 radical (unpaired) electrons. The van der Waals surface area contributed by atoms with Gasteiger partial charge in [-0.15, -0.1) is 0 Å². The number of nitrogens with zero attached hydrogens (tertiary/aromatic N) is 3. The van der Waals surface area contributed by atoms with Crippen LogP contribution in [0.1, 0.15) is 19.5 Å². The summed E-state index contributed by atoms with van der Waals surface area (Å²) in [5.74, 6) is 1.49. The predicted molar refractivity (Wildman–Crippen MR) is 92.1 cm³/mol. The molecule has 0 amide bonds. The molecule has 2 rings (SSSR count). The molecule has 2 atom stereocenters. The molecule has 0 aliphatic carbocycles. The molecule has 0 spiro atoms. The van der Waals surface area contributed by atoms with Crippen molar-refractivity contribution in [1.29, 1.82) is 0 Å². The van der Waals surface area contributed by atoms with Crippen molar-refractivity contribution in [2.24, 2.45) is 0 Å². The van der Waals surface area contributed by atoms with Crippen LogP contribution in [0.2, 0.25) is 0 Å². The van der Waals surface area contributed by atoms with Crippen molar-refractivity contribution >= 4 is 17.6 Å². The van der Waals surface area contributed by atoms with E-state index in [-0.39, 0.29) is 17.9 Å². The van der Waals surface area contributed by atoms with Crippen LogP contribution in [0.3, 0.4) is 0 Å². The molecule has 0 saturated heterocycles. The van der Waals surface area contributed by atoms with Gasteiger partial charge in [0.15, 0.2) is 5.82 Å². The predicted octanol–water partition coefficient (Wildman–Crippen LogP) is 2.63. The highest BCUT2D eigenvalue weighted by molar-refractivity contribution is 7.99. The summed E-state index contributed by atoms with van der Waals surface area (Å²) < 4.78 is 0. The van der Waals surface area contributed by atoms with Gasteiger partial charge >= 0.3 is 0 Å². The topological polar surface area (TPSA) is 70.9 Å². The third-order valence-corrected chi connectivity index (χ3v) is 4.66. The van der Waals surface area contributed by atoms with Gasteiger partial charge in [0, 0.05) is 41.0 Å². The van der Waals surface area contributed by atoms with Crippen LogP contribution in [0.15, 0.2) is 30.6 Å². The van der Waals surface area contributed by atoms with Crippen molar-refractivity contribution in [3.8, 4) is 11.4 Å². The van der Waals surface area contributed by atoms with E-state index in [0.717, 1.165) is 23.5 Å². The van der Waals surface area contributed by atoms with Crippen molar-refractivity contribution in [2.45, 2.75) is 31.6 Å². The highest BCUT2D eigenvalue weighted by Gasteiger charge is 2.16. The number of hydrogen-bond acceptors (Lipinski definition) is 6. The first-order chi connectivity index (χ1) is 10.7. The summed E-state index contributed by atoms with van der Waals surface area (Å²) >= 11 is 1.64. The molecule has 0 aliphatic heterocycles. The van der Waals surface area contributed by atoms with Crippen LogP contribution in [-0.2, 0) is 6.42 Å². The maximum Gasteiger partial charge on any atom is 0.161 e. The van der Waals surface area contributed by atoms with E-state index in [9.17, 15) is 5.11 Å². The summed E-state index contributed by atoms with van der Waals surface area (Å²) in [4.78, 5) is 13.2. The van der Waals surface area contributed by atoms with E-state index >= 15 is 0 Å². The number of aromatic nitrogens is 3. The third kappa shape index (κ3) is 4.18. The number of aliphatic hydroxyl groups excluding tert-OH is 1. The standard InChI is InChI=1S/C16H22N4OS/c1-4-13-9-15(18-11(2)14(10-21)22-3)20-16(19-13)12-5-7-17-8-6-12/h5-9,11,14,21H,4,10H2,1-3H3,(H,18,19,20)/t11-,14-/m0/s1. The van der Waals surface area contributed by atoms with Gasteiger partial charge in [-0.2, -0.15) is 11.8 Å². The zero-order chi connectivity index (χ0) is 15.9. The number of aliphatic hydroxyl groups is 1. The quantitative estimate of drug-likeness (QED) is 0.818. The highest BCUT2D eigenvalue weighted by atomic mass is 32.2. The smallest absolute Gasteiger partial charge is 0.161 e. The summed E-state index contributed by atoms with van der Waals surface area (Å²) in [5.41, 5.74) is 1.94. The van der Waals surface area contributed by atoms with Crippen LogP contribution in [0, 0.1) is 0 Å². The molecular weight excluding hydrogens is 296 g/mol. The van der Waals surface area contributed by atoms with Gasteiger partial charge in [-0.25, -0.2) is 9.97 Å². The maximum absolute atomic E-state index is 9.41. The van der Waals surface area contributed by atoms with Gasteiger partial charge in [0.1, 0.15) is 5.82 Å². The van der Waals surface area contributed by atoms with E-state index in [0.29, 0.717) is 5.82 Å². The second-order valence-corrected chi connectivity index (χ2v) is 6.12. The fourth-order valence-corrected chi connectivity index (χ4v) is 2.77. The second-order valence-electron chi connectivity index (χ2n) is 5.05. The minimum absolute atomic E-state index is 0.116. The number of aryl methyl sites for hydroxylation is 1. The van der Waals surface area contributed by atoms with Gasteiger partial charge in [0.05, 0.1) is 6.61 Å². The van der Waals surface area contributed by atoms with Gasteiger partial charge in [0.2, 0.25) is 0 Å². The lowest BCUT2D eigenvalue weighted by Crippen LogP contribution is -2.31. The molecule has 2 aromatic rings. The lowest BCUT2D eigenvalue weighted by molar-refractivity contribution is 0.288. The Morgan fingerprint density at radius 2 is 2.00 bits per heavy atom. The molecule has 118 valence electrons. The number of pyridine rings is 1. The zero-order valence-electron chi connectivity index (χ0n) is 13.2. The first-order valence-electron chi connectivity index (χ1n) is 7.36. The molecular formula is C16H22N4OS. The van der Waals surface area contributed by atoms with Crippen molar-refractivity contribution < 1.29 is 5.11 Å². The monoisotopic (exact) mass is 318 g/mol. The van der Waals surface area contributed by atoms with E-state index in [1.54, 1.807) is 24.2 Å². The Labute approximate surface area is 135 Å². The Balaban J connectivity index is 2.28. The third-order valence-electron chi connectivity index (χ3n) is 3.50. The minimum atomic E-state index is 0.116. The summed E-state index contributed by atoms with van der Waals surface area (Å²) in [7, 11) is 0. The lowest BCUT2D eigenvalue weighted by Gasteiger charge is -2.22. The molecule has 5 nitrogen and oxygen atoms in total. The molecule has 0 aromatic carbocycles. The van der Waals surface area contributed by atoms with Crippen molar-refractivity contribution in [1.82, 2.24) is 15.0 Å². The van der Waals surface area contributed by atoms with Crippen LogP contribution < -0.4 is 5.32 Å². The van der Waals surface area contributed by atoms with Crippen LogP contribution >= 0.6 is 11.8 Å². The summed E-state index contributed by atoms with van der Waals surface area (Å²) in [6, 6.07) is 5.89. The number of nitrogens with one attached hydrogen (secondary N) is 1. The zero-order valence-corrected chi connectivity index (χ0v) is 14.0. The van der Waals surface area contributed by atoms with Crippen molar-refractivity contribution in [3.05, 3.63) is 36.3 Å². The minimum Gasteiger partial charge on any atom is -0.395 e. The SMILES string of the molecule is CCc1cc(N[C@@H](C)[C@H](CO)SC)nc(-c2ccncc2)n1. The van der Waals surface area contributed by atoms with E-state index in [1.807, 2.05) is 24.5 Å². The summed E-state index contributed by atoms with van der Waals surface area (Å²) in [5, 5.41) is 12.9. The first-order valence-corrected chi connectivity index (χ1v) is 8.65. The molecule has 0 fully saturated rings. The normalized spacial score (nSPS) is 13.6. The van der Waals surface area contributed by atoms with E-state index in [4.69, 9.17) is 0 Å². The van der Waals surface area contributed by atoms with Crippen LogP contribution in [-0.4, -0.2) is 44.2 Å². The molecule has 6 heteroatoms. The van der Waals surface area contributed by atoms with Gasteiger partial charge in [-0.3, -0.25) is 4.98 Å². The molecule has 22 heavy (non-hydrogen) atoms. The molecule has 0 unspecified atom stereocenters. The number of thioether (sulfide) groups is 1. The summed E-state index contributed by atoms with van der Waals surface area (Å²) in [6.07, 6.45) is 6.32. The van der Waals surface area contributed by atoms with Crippen LogP contribution in [0.5, 0.6) is 0 Å². The van der Waals surface area contributed by atoms with Gasteiger partial charge < -0.3 is 10.4 Å². The Bertz CT molecular complexity index is 590. The average molecular weight is 318 g/mol. The Morgan fingerprint density at radius 1 is 1.27 bits per heavy atom. The van der Waals surface area contributed by atoms with Crippen molar-refractivity contribution in [2.75, 3.05) is 18.2 Å². The molecule has 0 bridgehead atoms. The van der Waals surface area contributed by atoms with E-state index in [2.05, 4.69) is 34.1 Å². The van der Waals surface area contributed by atoms with Crippen LogP contribution in [0.25, 0.3) is 11.4 Å². The fourth-order valence-electron chi connectivity index (χ4n) is 2.15. The van der Waals surface area contributed by atoms with Gasteiger partial charge in [0.25, 0.3) is 0 Å². The number of rotatable bonds is 7. The van der Waals surface area contributed by atoms with E-state index < -0.39 is 0 Å². The van der Waals surface area contributed by atoms with Gasteiger partial charge in [-0.1, -0.05) is 6.92 Å². The first kappa shape index (κ1) is 16.7. The number of hydrogen-bond donors (Lipinski definition) is 2. The second kappa shape index (κ2) is 8.10. The average Bonchev–Trinajstić information content (AvgIpc) is 2.56. The molecule has 2 aromatic heterocycles. The molecule has 0 saturated carbocycles.